The van der Waals surface area contributed by atoms with Crippen LogP contribution in [0.3, 0.4) is 0 Å². The largest absolute Gasteiger partial charge is 0.389 e. The molecule has 0 saturated carbocycles. The molecule has 0 aliphatic carbocycles. The second kappa shape index (κ2) is 7.13. The number of carbonyl (C=O) groups is 2. The highest BCUT2D eigenvalue weighted by Gasteiger charge is 2.36. The summed E-state index contributed by atoms with van der Waals surface area (Å²) in [4.78, 5) is 28.4. The Labute approximate surface area is 137 Å². The zero-order valence-corrected chi connectivity index (χ0v) is 14.2. The Morgan fingerprint density at radius 2 is 1.96 bits per heavy atom. The van der Waals surface area contributed by atoms with Crippen molar-refractivity contribution in [3.05, 3.63) is 35.9 Å². The van der Waals surface area contributed by atoms with Gasteiger partial charge >= 0.3 is 0 Å². The van der Waals surface area contributed by atoms with Crippen LogP contribution in [0.25, 0.3) is 0 Å². The molecule has 1 saturated heterocycles. The highest BCUT2D eigenvalue weighted by Crippen LogP contribution is 2.21. The van der Waals surface area contributed by atoms with Crippen LogP contribution < -0.4 is 0 Å². The van der Waals surface area contributed by atoms with Gasteiger partial charge in [0.05, 0.1) is 12.0 Å². The SMILES string of the molecule is CN(CC(C)(C)O)C(=O)C1CCCN1C(=O)Cc1ccccc1. The van der Waals surface area contributed by atoms with Crippen LogP contribution in [0, 0.1) is 0 Å². The van der Waals surface area contributed by atoms with Gasteiger partial charge in [0, 0.05) is 20.1 Å². The lowest BCUT2D eigenvalue weighted by atomic mass is 10.1. The molecule has 23 heavy (non-hydrogen) atoms. The van der Waals surface area contributed by atoms with Crippen LogP contribution >= 0.6 is 0 Å². The lowest BCUT2D eigenvalue weighted by Gasteiger charge is -2.31. The van der Waals surface area contributed by atoms with Gasteiger partial charge in [0.1, 0.15) is 6.04 Å². The molecule has 2 amide bonds. The van der Waals surface area contributed by atoms with Gasteiger partial charge in [-0.2, -0.15) is 0 Å². The monoisotopic (exact) mass is 318 g/mol. The van der Waals surface area contributed by atoms with E-state index in [0.717, 1.165) is 12.0 Å². The van der Waals surface area contributed by atoms with Gasteiger partial charge in [-0.3, -0.25) is 9.59 Å². The molecule has 0 bridgehead atoms. The van der Waals surface area contributed by atoms with Crippen molar-refractivity contribution in [1.82, 2.24) is 9.80 Å². The minimum Gasteiger partial charge on any atom is -0.389 e. The second-order valence-corrected chi connectivity index (χ2v) is 6.91. The number of amides is 2. The fourth-order valence-corrected chi connectivity index (χ4v) is 3.11. The zero-order valence-electron chi connectivity index (χ0n) is 14.2. The fraction of sp³-hybridized carbons (Fsp3) is 0.556. The van der Waals surface area contributed by atoms with Crippen LogP contribution in [0.1, 0.15) is 32.3 Å². The molecule has 1 N–H and O–H groups in total. The number of hydrogen-bond donors (Lipinski definition) is 1. The third kappa shape index (κ3) is 4.79. The van der Waals surface area contributed by atoms with E-state index in [1.807, 2.05) is 30.3 Å². The Balaban J connectivity index is 2.01. The summed E-state index contributed by atoms with van der Waals surface area (Å²) < 4.78 is 0. The smallest absolute Gasteiger partial charge is 0.245 e. The van der Waals surface area contributed by atoms with E-state index in [2.05, 4.69) is 0 Å². The number of aliphatic hydroxyl groups is 1. The van der Waals surface area contributed by atoms with Gasteiger partial charge in [-0.15, -0.1) is 0 Å². The minimum absolute atomic E-state index is 0.0105. The summed E-state index contributed by atoms with van der Waals surface area (Å²) in [6, 6.07) is 9.18. The Bertz CT molecular complexity index is 551. The predicted molar refractivity (Wildman–Crippen MR) is 88.8 cm³/mol. The van der Waals surface area contributed by atoms with E-state index >= 15 is 0 Å². The maximum atomic E-state index is 12.6. The molecule has 0 aromatic heterocycles. The first-order valence-corrected chi connectivity index (χ1v) is 8.09. The molecule has 1 aliphatic rings. The van der Waals surface area contributed by atoms with Crippen molar-refractivity contribution in [3.8, 4) is 0 Å². The molecule has 5 nitrogen and oxygen atoms in total. The number of rotatable bonds is 5. The van der Waals surface area contributed by atoms with Crippen LogP contribution in [0.5, 0.6) is 0 Å². The topological polar surface area (TPSA) is 60.9 Å². The normalized spacial score (nSPS) is 18.1. The van der Waals surface area contributed by atoms with E-state index in [-0.39, 0.29) is 18.4 Å². The van der Waals surface area contributed by atoms with E-state index in [4.69, 9.17) is 0 Å². The van der Waals surface area contributed by atoms with Crippen molar-refractivity contribution in [2.24, 2.45) is 0 Å². The molecule has 1 unspecified atom stereocenters. The van der Waals surface area contributed by atoms with Crippen LogP contribution in [-0.2, 0) is 16.0 Å². The van der Waals surface area contributed by atoms with Gasteiger partial charge in [-0.25, -0.2) is 0 Å². The first-order chi connectivity index (χ1) is 10.8. The molecule has 2 rings (SSSR count). The molecule has 1 fully saturated rings. The lowest BCUT2D eigenvalue weighted by Crippen LogP contribution is -2.50. The van der Waals surface area contributed by atoms with E-state index in [0.29, 0.717) is 19.4 Å². The molecular formula is C18H26N2O3. The molecule has 126 valence electrons. The summed E-state index contributed by atoms with van der Waals surface area (Å²) in [5.74, 6) is -0.102. The third-order valence-electron chi connectivity index (χ3n) is 4.06. The Kier molecular flexibility index (Phi) is 5.42. The summed E-state index contributed by atoms with van der Waals surface area (Å²) in [6.45, 7) is 4.22. The lowest BCUT2D eigenvalue weighted by molar-refractivity contribution is -0.144. The summed E-state index contributed by atoms with van der Waals surface area (Å²) in [7, 11) is 1.68. The summed E-state index contributed by atoms with van der Waals surface area (Å²) >= 11 is 0. The molecule has 1 aromatic carbocycles. The van der Waals surface area contributed by atoms with Crippen molar-refractivity contribution in [3.63, 3.8) is 0 Å². The van der Waals surface area contributed by atoms with Crippen LogP contribution in [0.4, 0.5) is 0 Å². The molecule has 1 atom stereocenters. The highest BCUT2D eigenvalue weighted by atomic mass is 16.3. The van der Waals surface area contributed by atoms with E-state index in [1.54, 1.807) is 25.8 Å². The van der Waals surface area contributed by atoms with Crippen LogP contribution in [-0.4, -0.2) is 58.5 Å². The minimum atomic E-state index is -0.943. The number of nitrogens with zero attached hydrogens (tertiary/aromatic N) is 2. The Morgan fingerprint density at radius 1 is 1.30 bits per heavy atom. The van der Waals surface area contributed by atoms with Crippen molar-refractivity contribution in [2.75, 3.05) is 20.1 Å². The second-order valence-electron chi connectivity index (χ2n) is 6.91. The average Bonchev–Trinajstić information content (AvgIpc) is 2.95. The van der Waals surface area contributed by atoms with Gasteiger partial charge in [-0.05, 0) is 32.3 Å². The van der Waals surface area contributed by atoms with Gasteiger partial charge in [-0.1, -0.05) is 30.3 Å². The molecule has 0 radical (unpaired) electrons. The predicted octanol–water partition coefficient (Wildman–Crippen LogP) is 1.45. The van der Waals surface area contributed by atoms with E-state index in [9.17, 15) is 14.7 Å². The maximum absolute atomic E-state index is 12.6. The number of carbonyl (C=O) groups excluding carboxylic acids is 2. The molecule has 5 heteroatoms. The van der Waals surface area contributed by atoms with Crippen molar-refractivity contribution < 1.29 is 14.7 Å². The van der Waals surface area contributed by atoms with Crippen molar-refractivity contribution in [1.29, 1.82) is 0 Å². The van der Waals surface area contributed by atoms with E-state index < -0.39 is 11.6 Å². The molecule has 0 spiro atoms. The number of likely N-dealkylation sites (tertiary alicyclic amines) is 1. The molecular weight excluding hydrogens is 292 g/mol. The zero-order chi connectivity index (χ0) is 17.0. The highest BCUT2D eigenvalue weighted by molar-refractivity contribution is 5.89. The van der Waals surface area contributed by atoms with Crippen LogP contribution in [0.2, 0.25) is 0 Å². The Morgan fingerprint density at radius 3 is 2.57 bits per heavy atom. The van der Waals surface area contributed by atoms with Gasteiger partial charge < -0.3 is 14.9 Å². The van der Waals surface area contributed by atoms with E-state index in [1.165, 1.54) is 4.90 Å². The first-order valence-electron chi connectivity index (χ1n) is 8.09. The quantitative estimate of drug-likeness (QED) is 0.894. The number of likely N-dealkylation sites (N-methyl/N-ethyl adjacent to an activating group) is 1. The molecule has 1 aromatic rings. The average molecular weight is 318 g/mol. The van der Waals surface area contributed by atoms with Gasteiger partial charge in [0.2, 0.25) is 11.8 Å². The molecule has 1 heterocycles. The van der Waals surface area contributed by atoms with Crippen LogP contribution in [0.15, 0.2) is 30.3 Å². The number of benzene rings is 1. The van der Waals surface area contributed by atoms with Crippen molar-refractivity contribution in [2.45, 2.75) is 44.8 Å². The first kappa shape index (κ1) is 17.5. The van der Waals surface area contributed by atoms with Crippen molar-refractivity contribution >= 4 is 11.8 Å². The Hall–Kier alpha value is -1.88. The summed E-state index contributed by atoms with van der Waals surface area (Å²) in [5, 5.41) is 9.88. The molecule has 1 aliphatic heterocycles. The standard InChI is InChI=1S/C18H26N2O3/c1-18(2,23)13-19(3)17(22)15-10-7-11-20(15)16(21)12-14-8-5-4-6-9-14/h4-6,8-9,15,23H,7,10-13H2,1-3H3. The maximum Gasteiger partial charge on any atom is 0.245 e. The summed E-state index contributed by atoms with van der Waals surface area (Å²) in [5.41, 5.74) is 0.0162. The third-order valence-corrected chi connectivity index (χ3v) is 4.06. The summed E-state index contributed by atoms with van der Waals surface area (Å²) in [6.07, 6.45) is 1.85. The number of hydrogen-bond acceptors (Lipinski definition) is 3. The van der Waals surface area contributed by atoms with Gasteiger partial charge in [0.25, 0.3) is 0 Å². The van der Waals surface area contributed by atoms with Gasteiger partial charge in [0.15, 0.2) is 0 Å². The fourth-order valence-electron chi connectivity index (χ4n) is 3.11.